The summed E-state index contributed by atoms with van der Waals surface area (Å²) >= 11 is 0. The van der Waals surface area contributed by atoms with E-state index in [4.69, 9.17) is 0 Å². The minimum Gasteiger partial charge on any atom is -0.361 e. The van der Waals surface area contributed by atoms with Crippen LogP contribution in [0.1, 0.15) is 35.4 Å². The van der Waals surface area contributed by atoms with Gasteiger partial charge in [0.1, 0.15) is 5.82 Å². The van der Waals surface area contributed by atoms with E-state index in [9.17, 15) is 30.8 Å². The Labute approximate surface area is 209 Å². The standard InChI is InChI=1S/C24H23F4N5O3S/c1-15(17-5-8-21-18(11-17)9-10-29-21)23(34)30-13-20-12-22(24(26,27)28)31-33(20)32(37(2,35)36)14-16-3-6-19(25)7-4-16/h3-12,15,29H,13-14H2,1-2H3,(H,30,34). The first-order chi connectivity index (χ1) is 17.3. The number of carbonyl (C=O) groups is 1. The van der Waals surface area contributed by atoms with Gasteiger partial charge < -0.3 is 10.3 Å². The predicted molar refractivity (Wildman–Crippen MR) is 129 cm³/mol. The molecule has 0 saturated heterocycles. The minimum absolute atomic E-state index is 0.207. The second-order valence-corrected chi connectivity index (χ2v) is 10.4. The van der Waals surface area contributed by atoms with Crippen LogP contribution in [-0.4, -0.2) is 35.5 Å². The number of nitrogens with zero attached hydrogens (tertiary/aromatic N) is 3. The third-order valence-electron chi connectivity index (χ3n) is 5.79. The van der Waals surface area contributed by atoms with Gasteiger partial charge in [0.25, 0.3) is 0 Å². The zero-order chi connectivity index (χ0) is 27.0. The number of halogens is 4. The number of sulfonamides is 1. The first kappa shape index (κ1) is 26.2. The maximum Gasteiger partial charge on any atom is 0.435 e. The van der Waals surface area contributed by atoms with Crippen molar-refractivity contribution in [3.05, 3.63) is 89.1 Å². The lowest BCUT2D eigenvalue weighted by Crippen LogP contribution is -2.42. The fourth-order valence-electron chi connectivity index (χ4n) is 3.76. The number of amides is 1. The summed E-state index contributed by atoms with van der Waals surface area (Å²) in [7, 11) is -4.14. The molecule has 2 aromatic heterocycles. The molecule has 2 heterocycles. The summed E-state index contributed by atoms with van der Waals surface area (Å²) in [6, 6.07) is 12.8. The number of hydrogen-bond acceptors (Lipinski definition) is 4. The van der Waals surface area contributed by atoms with E-state index >= 15 is 0 Å². The molecule has 1 unspecified atom stereocenters. The number of rotatable bonds is 8. The first-order valence-electron chi connectivity index (χ1n) is 11.1. The SMILES string of the molecule is CC(C(=O)NCc1cc(C(F)(F)F)nn1N(Cc1ccc(F)cc1)S(C)(=O)=O)c1ccc2[nH]ccc2c1. The fourth-order valence-corrected chi connectivity index (χ4v) is 4.56. The molecule has 8 nitrogen and oxygen atoms in total. The van der Waals surface area contributed by atoms with Crippen LogP contribution >= 0.6 is 0 Å². The minimum atomic E-state index is -4.86. The van der Waals surface area contributed by atoms with Crippen molar-refractivity contribution in [2.45, 2.75) is 32.1 Å². The molecule has 0 spiro atoms. The van der Waals surface area contributed by atoms with Crippen LogP contribution in [-0.2, 0) is 34.1 Å². The van der Waals surface area contributed by atoms with Crippen molar-refractivity contribution in [3.8, 4) is 0 Å². The van der Waals surface area contributed by atoms with Crippen LogP contribution in [0.15, 0.2) is 60.8 Å². The summed E-state index contributed by atoms with van der Waals surface area (Å²) in [5, 5.41) is 6.95. The lowest BCUT2D eigenvalue weighted by molar-refractivity contribution is -0.141. The quantitative estimate of drug-likeness (QED) is 0.332. The molecule has 37 heavy (non-hydrogen) atoms. The van der Waals surface area contributed by atoms with E-state index in [0.29, 0.717) is 26.4 Å². The Kier molecular flexibility index (Phi) is 7.00. The summed E-state index contributed by atoms with van der Waals surface area (Å²) in [6.45, 7) is 0.819. The molecule has 0 aliphatic heterocycles. The van der Waals surface area contributed by atoms with Crippen molar-refractivity contribution in [2.75, 3.05) is 10.7 Å². The number of fused-ring (bicyclic) bond motifs is 1. The van der Waals surface area contributed by atoms with Crippen LogP contribution in [0.2, 0.25) is 0 Å². The maximum atomic E-state index is 13.5. The van der Waals surface area contributed by atoms with Crippen LogP contribution in [0.5, 0.6) is 0 Å². The third-order valence-corrected chi connectivity index (χ3v) is 6.84. The zero-order valence-corrected chi connectivity index (χ0v) is 20.6. The highest BCUT2D eigenvalue weighted by molar-refractivity contribution is 7.91. The molecule has 1 amide bonds. The van der Waals surface area contributed by atoms with E-state index in [1.165, 1.54) is 12.1 Å². The van der Waals surface area contributed by atoms with Crippen molar-refractivity contribution in [2.24, 2.45) is 0 Å². The Morgan fingerprint density at radius 1 is 1.14 bits per heavy atom. The van der Waals surface area contributed by atoms with Gasteiger partial charge in [0.2, 0.25) is 15.9 Å². The Morgan fingerprint density at radius 2 is 1.84 bits per heavy atom. The number of alkyl halides is 3. The van der Waals surface area contributed by atoms with Gasteiger partial charge in [0, 0.05) is 11.7 Å². The first-order valence-corrected chi connectivity index (χ1v) is 12.9. The normalized spacial score (nSPS) is 13.0. The van der Waals surface area contributed by atoms with Crippen LogP contribution in [0.4, 0.5) is 17.6 Å². The molecule has 2 aromatic carbocycles. The van der Waals surface area contributed by atoms with Crippen molar-refractivity contribution < 1.29 is 30.8 Å². The Bertz CT molecular complexity index is 1530. The van der Waals surface area contributed by atoms with Gasteiger partial charge in [0.05, 0.1) is 31.0 Å². The molecule has 4 aromatic rings. The monoisotopic (exact) mass is 537 g/mol. The van der Waals surface area contributed by atoms with E-state index < -0.39 is 52.6 Å². The lowest BCUT2D eigenvalue weighted by Gasteiger charge is -2.24. The fraction of sp³-hybridized carbons (Fsp3) is 0.250. The third kappa shape index (κ3) is 5.93. The number of aromatic nitrogens is 3. The van der Waals surface area contributed by atoms with Gasteiger partial charge in [0.15, 0.2) is 5.69 Å². The molecule has 1 atom stereocenters. The zero-order valence-electron chi connectivity index (χ0n) is 19.8. The van der Waals surface area contributed by atoms with E-state index in [0.717, 1.165) is 29.3 Å². The molecule has 0 saturated carbocycles. The predicted octanol–water partition coefficient (Wildman–Crippen LogP) is 4.04. The highest BCUT2D eigenvalue weighted by Gasteiger charge is 2.36. The van der Waals surface area contributed by atoms with Crippen LogP contribution in [0, 0.1) is 5.82 Å². The van der Waals surface area contributed by atoms with Gasteiger partial charge in [-0.05, 0) is 59.8 Å². The number of aromatic amines is 1. The molecule has 2 N–H and O–H groups in total. The average molecular weight is 538 g/mol. The molecule has 0 aliphatic carbocycles. The summed E-state index contributed by atoms with van der Waals surface area (Å²) in [6.07, 6.45) is -2.28. The van der Waals surface area contributed by atoms with Gasteiger partial charge in [-0.25, -0.2) is 12.8 Å². The van der Waals surface area contributed by atoms with Crippen molar-refractivity contribution in [1.29, 1.82) is 0 Å². The summed E-state index contributed by atoms with van der Waals surface area (Å²) in [5.74, 6) is -1.66. The van der Waals surface area contributed by atoms with E-state index in [-0.39, 0.29) is 5.69 Å². The molecular weight excluding hydrogens is 514 g/mol. The molecule has 0 fully saturated rings. The van der Waals surface area contributed by atoms with Crippen LogP contribution in [0.25, 0.3) is 10.9 Å². The van der Waals surface area contributed by atoms with Gasteiger partial charge in [-0.15, -0.1) is 5.10 Å². The second kappa shape index (κ2) is 9.88. The number of carbonyl (C=O) groups excluding carboxylic acids is 1. The van der Waals surface area contributed by atoms with Crippen molar-refractivity contribution in [1.82, 2.24) is 20.2 Å². The molecule has 0 radical (unpaired) electrons. The van der Waals surface area contributed by atoms with Crippen molar-refractivity contribution in [3.63, 3.8) is 0 Å². The maximum absolute atomic E-state index is 13.5. The topological polar surface area (TPSA) is 100 Å². The van der Waals surface area contributed by atoms with Crippen LogP contribution in [0.3, 0.4) is 0 Å². The second-order valence-electron chi connectivity index (χ2n) is 8.54. The number of benzene rings is 2. The molecule has 4 rings (SSSR count). The molecule has 0 aliphatic rings. The van der Waals surface area contributed by atoms with Gasteiger partial charge >= 0.3 is 6.18 Å². The van der Waals surface area contributed by atoms with Gasteiger partial charge in [-0.3, -0.25) is 4.79 Å². The lowest BCUT2D eigenvalue weighted by atomic mass is 9.99. The number of H-pyrrole nitrogens is 1. The Morgan fingerprint density at radius 3 is 2.49 bits per heavy atom. The molecule has 196 valence electrons. The smallest absolute Gasteiger partial charge is 0.361 e. The highest BCUT2D eigenvalue weighted by atomic mass is 32.2. The number of hydrogen-bond donors (Lipinski definition) is 2. The molecule has 0 bridgehead atoms. The summed E-state index contributed by atoms with van der Waals surface area (Å²) in [4.78, 5) is 16.5. The van der Waals surface area contributed by atoms with E-state index in [1.54, 1.807) is 19.2 Å². The highest BCUT2D eigenvalue weighted by Crippen LogP contribution is 2.29. The largest absolute Gasteiger partial charge is 0.435 e. The number of nitrogens with one attached hydrogen (secondary N) is 2. The summed E-state index contributed by atoms with van der Waals surface area (Å²) < 4.78 is 79.5. The average Bonchev–Trinajstić information content (AvgIpc) is 3.47. The summed E-state index contributed by atoms with van der Waals surface area (Å²) in [5.41, 5.74) is 0.377. The Balaban J connectivity index is 1.61. The molecular formula is C24H23F4N5O3S. The van der Waals surface area contributed by atoms with Crippen molar-refractivity contribution >= 4 is 26.8 Å². The molecule has 13 heteroatoms. The van der Waals surface area contributed by atoms with Gasteiger partial charge in [-0.2, -0.15) is 22.4 Å². The van der Waals surface area contributed by atoms with E-state index in [2.05, 4.69) is 15.4 Å². The van der Waals surface area contributed by atoms with Gasteiger partial charge in [-0.1, -0.05) is 18.2 Å². The van der Waals surface area contributed by atoms with E-state index in [1.807, 2.05) is 18.2 Å². The van der Waals surface area contributed by atoms with Crippen LogP contribution < -0.4 is 9.73 Å². The Hall–Kier alpha value is -3.87.